The predicted octanol–water partition coefficient (Wildman–Crippen LogP) is 3.56. The summed E-state index contributed by atoms with van der Waals surface area (Å²) in [7, 11) is 1.64. The summed E-state index contributed by atoms with van der Waals surface area (Å²) in [4.78, 5) is 13.9. The largest absolute Gasteiger partial charge is 0.320 e. The Morgan fingerprint density at radius 1 is 1.08 bits per heavy atom. The van der Waals surface area contributed by atoms with Crippen LogP contribution in [0.5, 0.6) is 0 Å². The molecule has 0 heterocycles. The number of nitrogens with two attached hydrogens (primary N) is 1. The molecule has 0 saturated heterocycles. The summed E-state index contributed by atoms with van der Waals surface area (Å²) < 4.78 is 26.5. The van der Waals surface area contributed by atoms with Crippen molar-refractivity contribution in [1.29, 1.82) is 0 Å². The van der Waals surface area contributed by atoms with Crippen molar-refractivity contribution in [1.82, 2.24) is 0 Å². The normalized spacial score (nSPS) is 11.6. The van der Waals surface area contributed by atoms with Crippen molar-refractivity contribution in [3.05, 3.63) is 65.2 Å². The molecule has 25 heavy (non-hydrogen) atoms. The highest BCUT2D eigenvalue weighted by Gasteiger charge is 2.20. The monoisotopic (exact) mass is 366 g/mol. The smallest absolute Gasteiger partial charge is 0.243 e. The van der Waals surface area contributed by atoms with Gasteiger partial charge >= 0.3 is 0 Å². The standard InChI is InChI=1S/C19H22F2N2O.H2S/c1-3-4-13-5-7-17(8-6-13)23(2)19(24)18(22)11-14-9-15(20)12-16(21)10-14;/h5-10,12,18H,3-4,11,22H2,1-2H3;1H2/t18-;/m0./s1. The molecule has 0 unspecified atom stereocenters. The first-order valence-corrected chi connectivity index (χ1v) is 7.97. The van der Waals surface area contributed by atoms with E-state index in [4.69, 9.17) is 5.73 Å². The second-order valence-electron chi connectivity index (χ2n) is 5.90. The number of benzene rings is 2. The van der Waals surface area contributed by atoms with Crippen LogP contribution in [-0.4, -0.2) is 19.0 Å². The highest BCUT2D eigenvalue weighted by Crippen LogP contribution is 2.17. The molecule has 2 N–H and O–H groups in total. The first-order chi connectivity index (χ1) is 11.4. The third kappa shape index (κ3) is 5.83. The fourth-order valence-electron chi connectivity index (χ4n) is 2.62. The number of likely N-dealkylation sites (N-methyl/N-ethyl adjacent to an activating group) is 1. The van der Waals surface area contributed by atoms with Crippen LogP contribution in [0, 0.1) is 11.6 Å². The van der Waals surface area contributed by atoms with Crippen molar-refractivity contribution in [2.45, 2.75) is 32.2 Å². The molecule has 2 rings (SSSR count). The number of amides is 1. The van der Waals surface area contributed by atoms with E-state index in [0.29, 0.717) is 5.56 Å². The van der Waals surface area contributed by atoms with Crippen LogP contribution in [-0.2, 0) is 17.6 Å². The summed E-state index contributed by atoms with van der Waals surface area (Å²) in [5.74, 6) is -1.66. The Morgan fingerprint density at radius 3 is 2.16 bits per heavy atom. The molecular weight excluding hydrogens is 342 g/mol. The van der Waals surface area contributed by atoms with Crippen LogP contribution in [0.25, 0.3) is 0 Å². The molecule has 0 aliphatic heterocycles. The minimum atomic E-state index is -0.869. The average molecular weight is 366 g/mol. The van der Waals surface area contributed by atoms with E-state index >= 15 is 0 Å². The molecule has 0 saturated carbocycles. The quantitative estimate of drug-likeness (QED) is 0.850. The molecule has 6 heteroatoms. The van der Waals surface area contributed by atoms with E-state index in [1.54, 1.807) is 7.05 Å². The molecule has 0 spiro atoms. The van der Waals surface area contributed by atoms with Crippen LogP contribution in [0.3, 0.4) is 0 Å². The second-order valence-corrected chi connectivity index (χ2v) is 5.90. The van der Waals surface area contributed by atoms with Crippen LogP contribution in [0.1, 0.15) is 24.5 Å². The summed E-state index contributed by atoms with van der Waals surface area (Å²) >= 11 is 0. The van der Waals surface area contributed by atoms with E-state index in [0.717, 1.165) is 24.6 Å². The summed E-state index contributed by atoms with van der Waals surface area (Å²) in [6.45, 7) is 2.11. The third-order valence-electron chi connectivity index (χ3n) is 3.89. The van der Waals surface area contributed by atoms with Gasteiger partial charge in [-0.15, -0.1) is 0 Å². The molecule has 0 aliphatic rings. The van der Waals surface area contributed by atoms with Gasteiger partial charge in [0.15, 0.2) is 0 Å². The molecule has 0 fully saturated rings. The van der Waals surface area contributed by atoms with Crippen molar-refractivity contribution in [2.24, 2.45) is 5.73 Å². The lowest BCUT2D eigenvalue weighted by Crippen LogP contribution is -2.43. The van der Waals surface area contributed by atoms with Crippen LogP contribution in [0.2, 0.25) is 0 Å². The number of hydrogen-bond acceptors (Lipinski definition) is 2. The predicted molar refractivity (Wildman–Crippen MR) is 102 cm³/mol. The van der Waals surface area contributed by atoms with Crippen LogP contribution in [0.4, 0.5) is 14.5 Å². The van der Waals surface area contributed by atoms with Gasteiger partial charge in [-0.1, -0.05) is 25.5 Å². The van der Waals surface area contributed by atoms with Gasteiger partial charge in [-0.2, -0.15) is 13.5 Å². The summed E-state index contributed by atoms with van der Waals surface area (Å²) in [5.41, 5.74) is 8.24. The maximum Gasteiger partial charge on any atom is 0.243 e. The molecule has 3 nitrogen and oxygen atoms in total. The van der Waals surface area contributed by atoms with Crippen molar-refractivity contribution >= 4 is 25.1 Å². The Balaban J connectivity index is 0.00000312. The van der Waals surface area contributed by atoms with Crippen molar-refractivity contribution in [3.63, 3.8) is 0 Å². The molecule has 0 aromatic heterocycles. The Kier molecular flexibility index (Phi) is 8.06. The zero-order valence-electron chi connectivity index (χ0n) is 14.4. The van der Waals surface area contributed by atoms with Crippen LogP contribution < -0.4 is 10.6 Å². The number of anilines is 1. The minimum Gasteiger partial charge on any atom is -0.320 e. The Hall–Kier alpha value is -1.92. The molecular formula is C19H24F2N2OS. The number of carbonyl (C=O) groups is 1. The van der Waals surface area contributed by atoms with Crippen molar-refractivity contribution in [2.75, 3.05) is 11.9 Å². The van der Waals surface area contributed by atoms with Gasteiger partial charge in [0.2, 0.25) is 5.91 Å². The van der Waals surface area contributed by atoms with Gasteiger partial charge in [0.25, 0.3) is 0 Å². The summed E-state index contributed by atoms with van der Waals surface area (Å²) in [6, 6.07) is 10.0. The van der Waals surface area contributed by atoms with Gasteiger partial charge in [0.05, 0.1) is 6.04 Å². The lowest BCUT2D eigenvalue weighted by Gasteiger charge is -2.22. The van der Waals surface area contributed by atoms with Gasteiger partial charge in [-0.05, 0) is 48.2 Å². The number of rotatable bonds is 6. The fourth-order valence-corrected chi connectivity index (χ4v) is 2.62. The highest BCUT2D eigenvalue weighted by molar-refractivity contribution is 7.59. The van der Waals surface area contributed by atoms with Gasteiger partial charge in [-0.3, -0.25) is 4.79 Å². The maximum absolute atomic E-state index is 13.2. The molecule has 2 aromatic carbocycles. The number of carbonyl (C=O) groups excluding carboxylic acids is 1. The van der Waals surface area contributed by atoms with E-state index < -0.39 is 17.7 Å². The molecule has 0 aliphatic carbocycles. The molecule has 0 radical (unpaired) electrons. The number of hydrogen-bond donors (Lipinski definition) is 1. The molecule has 2 aromatic rings. The molecule has 0 bridgehead atoms. The topological polar surface area (TPSA) is 46.3 Å². The number of nitrogens with zero attached hydrogens (tertiary/aromatic N) is 1. The van der Waals surface area contributed by atoms with Crippen LogP contribution >= 0.6 is 13.5 Å². The number of halogens is 2. The SMILES string of the molecule is CCCc1ccc(N(C)C(=O)[C@@H](N)Cc2cc(F)cc(F)c2)cc1.S. The zero-order chi connectivity index (χ0) is 17.7. The first-order valence-electron chi connectivity index (χ1n) is 7.97. The van der Waals surface area contributed by atoms with E-state index in [2.05, 4.69) is 6.92 Å². The molecule has 136 valence electrons. The lowest BCUT2D eigenvalue weighted by atomic mass is 10.0. The van der Waals surface area contributed by atoms with Crippen LogP contribution in [0.15, 0.2) is 42.5 Å². The zero-order valence-corrected chi connectivity index (χ0v) is 15.4. The van der Waals surface area contributed by atoms with E-state index in [1.165, 1.54) is 22.6 Å². The highest BCUT2D eigenvalue weighted by atomic mass is 32.1. The van der Waals surface area contributed by atoms with Gasteiger partial charge in [-0.25, -0.2) is 8.78 Å². The van der Waals surface area contributed by atoms with Crippen molar-refractivity contribution < 1.29 is 13.6 Å². The maximum atomic E-state index is 13.2. The molecule has 1 amide bonds. The number of aryl methyl sites for hydroxylation is 1. The first kappa shape index (κ1) is 21.1. The van der Waals surface area contributed by atoms with Gasteiger partial charge in [0.1, 0.15) is 11.6 Å². The van der Waals surface area contributed by atoms with Gasteiger partial charge < -0.3 is 10.6 Å². The summed E-state index contributed by atoms with van der Waals surface area (Å²) in [5, 5.41) is 0. The minimum absolute atomic E-state index is 0. The summed E-state index contributed by atoms with van der Waals surface area (Å²) in [6.07, 6.45) is 2.12. The Labute approximate surface area is 154 Å². The molecule has 1 atom stereocenters. The van der Waals surface area contributed by atoms with Gasteiger partial charge in [0, 0.05) is 18.8 Å². The average Bonchev–Trinajstić information content (AvgIpc) is 2.53. The third-order valence-corrected chi connectivity index (χ3v) is 3.89. The Bertz CT molecular complexity index is 687. The lowest BCUT2D eigenvalue weighted by molar-refractivity contribution is -0.119. The van der Waals surface area contributed by atoms with Crippen molar-refractivity contribution in [3.8, 4) is 0 Å². The fraction of sp³-hybridized carbons (Fsp3) is 0.316. The van der Waals surface area contributed by atoms with E-state index in [9.17, 15) is 13.6 Å². The van der Waals surface area contributed by atoms with E-state index in [-0.39, 0.29) is 25.8 Å². The van der Waals surface area contributed by atoms with E-state index in [1.807, 2.05) is 24.3 Å². The second kappa shape index (κ2) is 9.53. The Morgan fingerprint density at radius 2 is 1.64 bits per heavy atom.